The largest absolute Gasteiger partial charge is 0.504 e. The van der Waals surface area contributed by atoms with Gasteiger partial charge in [0.1, 0.15) is 6.54 Å². The number of aliphatic hydroxyl groups excluding tert-OH is 1. The van der Waals surface area contributed by atoms with Crippen molar-refractivity contribution in [1.29, 1.82) is 0 Å². The Bertz CT molecular complexity index is 1900. The summed E-state index contributed by atoms with van der Waals surface area (Å²) in [7, 11) is 0. The molecule has 0 aromatic rings. The number of carbonyl (C=O) groups excluding carboxylic acids is 5. The second-order valence-corrected chi connectivity index (χ2v) is 20.1. The third kappa shape index (κ3) is 5.49. The van der Waals surface area contributed by atoms with Crippen molar-refractivity contribution in [3.8, 4) is 0 Å². The molecule has 10 heteroatoms. The lowest BCUT2D eigenvalue weighted by atomic mass is 9.34. The van der Waals surface area contributed by atoms with Gasteiger partial charge in [-0.05, 0) is 122 Å². The molecule has 0 unspecified atom stereocenters. The number of allylic oxidation sites excluding steroid dienone is 8. The van der Waals surface area contributed by atoms with E-state index in [1.54, 1.807) is 11.0 Å². The van der Waals surface area contributed by atoms with Crippen molar-refractivity contribution in [3.05, 3.63) is 57.3 Å². The van der Waals surface area contributed by atoms with E-state index in [0.717, 1.165) is 98.4 Å². The van der Waals surface area contributed by atoms with Gasteiger partial charge in [0.05, 0.1) is 4.91 Å². The van der Waals surface area contributed by atoms with Crippen molar-refractivity contribution < 1.29 is 29.1 Å². The number of piperazine rings is 1. The normalized spacial score (nSPS) is 39.2. The van der Waals surface area contributed by atoms with Crippen molar-refractivity contribution in [1.82, 2.24) is 14.7 Å². The van der Waals surface area contributed by atoms with E-state index >= 15 is 0 Å². The first-order valence-corrected chi connectivity index (χ1v) is 21.2. The molecular formula is C44H57N3O6S. The molecule has 0 spiro atoms. The number of fused-ring (bicyclic) bond motifs is 7. The van der Waals surface area contributed by atoms with Gasteiger partial charge in [0.2, 0.25) is 17.6 Å². The molecule has 4 amide bonds. The minimum Gasteiger partial charge on any atom is -0.504 e. The molecule has 6 aliphatic carbocycles. The van der Waals surface area contributed by atoms with Crippen LogP contribution in [0.5, 0.6) is 0 Å². The van der Waals surface area contributed by atoms with Crippen LogP contribution in [0.3, 0.4) is 0 Å². The third-order valence-corrected chi connectivity index (χ3v) is 17.2. The number of imide groups is 1. The number of thioether (sulfide) groups is 1. The van der Waals surface area contributed by atoms with E-state index in [1.165, 1.54) is 5.57 Å². The molecule has 2 aliphatic heterocycles. The van der Waals surface area contributed by atoms with Crippen LogP contribution in [-0.2, 0) is 19.2 Å². The number of hydrogen-bond acceptors (Lipinski definition) is 7. The Kier molecular flexibility index (Phi) is 8.91. The van der Waals surface area contributed by atoms with E-state index in [4.69, 9.17) is 0 Å². The Hall–Kier alpha value is -3.40. The number of amides is 4. The lowest BCUT2D eigenvalue weighted by Gasteiger charge is -2.70. The molecule has 0 bridgehead atoms. The van der Waals surface area contributed by atoms with Crippen LogP contribution in [0, 0.1) is 38.9 Å². The van der Waals surface area contributed by atoms with E-state index in [1.807, 2.05) is 17.9 Å². The smallest absolute Gasteiger partial charge is 0.294 e. The summed E-state index contributed by atoms with van der Waals surface area (Å²) in [6.45, 7) is 15.1. The number of aliphatic hydroxyl groups is 1. The number of nitrogens with zero attached hydrogens (tertiary/aromatic N) is 3. The Morgan fingerprint density at radius 3 is 2.26 bits per heavy atom. The van der Waals surface area contributed by atoms with Crippen molar-refractivity contribution >= 4 is 40.5 Å². The SMILES string of the molecule is CC1=C(O)C(=O)C=C2C1=CC=C1[C@@]2(C)CC[C@@]2(C)[C@@H]3C[C@](C)(C(=O)N4CCN(C(=O)CN5C(=O)S/C(=C\C6CCCC6)C5=O)CC4)CC[C@]3(C)CC[C@]12C. The number of carbonyl (C=O) groups is 5. The van der Waals surface area contributed by atoms with Gasteiger partial charge in [-0.2, -0.15) is 0 Å². The molecule has 6 fully saturated rings. The molecule has 2 heterocycles. The molecule has 290 valence electrons. The van der Waals surface area contributed by atoms with Gasteiger partial charge in [-0.15, -0.1) is 0 Å². The summed E-state index contributed by atoms with van der Waals surface area (Å²) >= 11 is 0.945. The van der Waals surface area contributed by atoms with Crippen LogP contribution >= 0.6 is 11.8 Å². The fourth-order valence-corrected chi connectivity index (χ4v) is 13.3. The van der Waals surface area contributed by atoms with Crippen molar-refractivity contribution in [2.75, 3.05) is 32.7 Å². The van der Waals surface area contributed by atoms with E-state index < -0.39 is 5.41 Å². The zero-order chi connectivity index (χ0) is 38.6. The average Bonchev–Trinajstić information content (AvgIpc) is 3.76. The van der Waals surface area contributed by atoms with Gasteiger partial charge >= 0.3 is 0 Å². The Morgan fingerprint density at radius 1 is 0.889 bits per heavy atom. The Morgan fingerprint density at radius 2 is 1.56 bits per heavy atom. The minimum atomic E-state index is -0.516. The molecule has 0 aromatic heterocycles. The number of hydrogen-bond donors (Lipinski definition) is 1. The van der Waals surface area contributed by atoms with Crippen LogP contribution in [-0.4, -0.2) is 81.3 Å². The maximum Gasteiger partial charge on any atom is 0.294 e. The van der Waals surface area contributed by atoms with Crippen LogP contribution in [0.2, 0.25) is 0 Å². The maximum atomic E-state index is 14.6. The van der Waals surface area contributed by atoms with Gasteiger partial charge in [-0.25, -0.2) is 0 Å². The molecule has 4 saturated carbocycles. The molecule has 8 rings (SSSR count). The molecule has 1 N–H and O–H groups in total. The highest BCUT2D eigenvalue weighted by molar-refractivity contribution is 8.18. The quantitative estimate of drug-likeness (QED) is 0.289. The summed E-state index contributed by atoms with van der Waals surface area (Å²) in [5.41, 5.74) is 3.21. The maximum absolute atomic E-state index is 14.6. The monoisotopic (exact) mass is 755 g/mol. The first-order valence-electron chi connectivity index (χ1n) is 20.4. The van der Waals surface area contributed by atoms with E-state index in [-0.39, 0.29) is 62.7 Å². The van der Waals surface area contributed by atoms with Crippen LogP contribution in [0.4, 0.5) is 4.79 Å². The highest BCUT2D eigenvalue weighted by Crippen LogP contribution is 2.75. The molecule has 54 heavy (non-hydrogen) atoms. The van der Waals surface area contributed by atoms with Gasteiger partial charge in [0, 0.05) is 42.6 Å². The topological polar surface area (TPSA) is 115 Å². The molecule has 9 nitrogen and oxygen atoms in total. The van der Waals surface area contributed by atoms with Crippen LogP contribution in [0.25, 0.3) is 0 Å². The summed E-state index contributed by atoms with van der Waals surface area (Å²) in [4.78, 5) is 71.8. The Labute approximate surface area is 324 Å². The highest BCUT2D eigenvalue weighted by Gasteiger charge is 2.67. The molecule has 0 radical (unpaired) electrons. The van der Waals surface area contributed by atoms with Crippen molar-refractivity contribution in [2.24, 2.45) is 38.9 Å². The van der Waals surface area contributed by atoms with E-state index in [2.05, 4.69) is 46.8 Å². The predicted molar refractivity (Wildman–Crippen MR) is 209 cm³/mol. The fourth-order valence-electron chi connectivity index (χ4n) is 12.4. The zero-order valence-electron chi connectivity index (χ0n) is 33.0. The van der Waals surface area contributed by atoms with Gasteiger partial charge in [0.15, 0.2) is 5.76 Å². The van der Waals surface area contributed by atoms with Crippen molar-refractivity contribution in [2.45, 2.75) is 112 Å². The minimum absolute atomic E-state index is 0.0507. The standard InChI is InChI=1S/C44H57N3O6S/c1-27-29-11-12-33-42(4,30(29)24-31(48)36(27)50)16-18-44(6)34-25-41(3,14-13-40(34,2)15-17-43(33,44)5)38(52)46-21-19-45(20-22-46)35(49)26-47-37(51)32(54-39(47)53)23-28-9-7-8-10-28/h11-12,23-24,28,34,50H,7-10,13-22,25-26H2,1-6H3/b32-23-/t34-,40-,41-,42+,43-,44+/m1/s1. The number of rotatable bonds is 4. The lowest BCUT2D eigenvalue weighted by molar-refractivity contribution is -0.175. The molecule has 8 aliphatic rings. The van der Waals surface area contributed by atoms with Crippen molar-refractivity contribution in [3.63, 3.8) is 0 Å². The predicted octanol–water partition coefficient (Wildman–Crippen LogP) is 8.05. The van der Waals surface area contributed by atoms with E-state index in [0.29, 0.717) is 48.5 Å². The van der Waals surface area contributed by atoms with Crippen LogP contribution in [0.15, 0.2) is 57.3 Å². The van der Waals surface area contributed by atoms with Gasteiger partial charge < -0.3 is 14.9 Å². The molecular weight excluding hydrogens is 699 g/mol. The van der Waals surface area contributed by atoms with Gasteiger partial charge in [-0.3, -0.25) is 28.9 Å². The average molecular weight is 756 g/mol. The summed E-state index contributed by atoms with van der Waals surface area (Å²) in [5.74, 6) is -0.232. The second-order valence-electron chi connectivity index (χ2n) is 19.1. The molecule has 0 aromatic carbocycles. The van der Waals surface area contributed by atoms with Crippen LogP contribution < -0.4 is 0 Å². The summed E-state index contributed by atoms with van der Waals surface area (Å²) in [6, 6.07) is 0. The highest BCUT2D eigenvalue weighted by atomic mass is 32.2. The molecule has 2 saturated heterocycles. The second kappa shape index (κ2) is 12.8. The zero-order valence-corrected chi connectivity index (χ0v) is 33.8. The summed E-state index contributed by atoms with van der Waals surface area (Å²) < 4.78 is 0. The molecule has 6 atom stereocenters. The third-order valence-electron chi connectivity index (χ3n) is 16.3. The number of ketones is 1. The van der Waals surface area contributed by atoms with Gasteiger partial charge in [-0.1, -0.05) is 71.3 Å². The first kappa shape index (κ1) is 37.5. The van der Waals surface area contributed by atoms with Gasteiger partial charge in [0.25, 0.3) is 11.1 Å². The lowest BCUT2D eigenvalue weighted by Crippen LogP contribution is -2.63. The first-order chi connectivity index (χ1) is 25.4. The van der Waals surface area contributed by atoms with E-state index in [9.17, 15) is 29.1 Å². The summed E-state index contributed by atoms with van der Waals surface area (Å²) in [5, 5.41) is 10.1. The fraction of sp³-hybridized carbons (Fsp3) is 0.659. The Balaban J connectivity index is 0.957. The summed E-state index contributed by atoms with van der Waals surface area (Å²) in [6.07, 6.45) is 19.1. The van der Waals surface area contributed by atoms with Crippen LogP contribution in [0.1, 0.15) is 112 Å².